The summed E-state index contributed by atoms with van der Waals surface area (Å²) in [7, 11) is 1.52. The molecule has 0 saturated heterocycles. The zero-order valence-electron chi connectivity index (χ0n) is 9.84. The third kappa shape index (κ3) is 3.79. The van der Waals surface area contributed by atoms with Crippen molar-refractivity contribution in [3.63, 3.8) is 0 Å². The van der Waals surface area contributed by atoms with Gasteiger partial charge in [-0.1, -0.05) is 0 Å². The number of hydrogen-bond acceptors (Lipinski definition) is 4. The van der Waals surface area contributed by atoms with Gasteiger partial charge in [0.05, 0.1) is 6.61 Å². The predicted molar refractivity (Wildman–Crippen MR) is 61.7 cm³/mol. The number of hydrogen-bond donors (Lipinski definition) is 1. The van der Waals surface area contributed by atoms with Crippen LogP contribution < -0.4 is 0 Å². The van der Waals surface area contributed by atoms with Gasteiger partial charge in [0.1, 0.15) is 12.3 Å². The van der Waals surface area contributed by atoms with E-state index in [1.807, 2.05) is 0 Å². The van der Waals surface area contributed by atoms with Crippen molar-refractivity contribution in [2.75, 3.05) is 20.2 Å². The molecule has 0 atom stereocenters. The molecule has 0 aliphatic carbocycles. The first kappa shape index (κ1) is 13.0. The van der Waals surface area contributed by atoms with Crippen LogP contribution >= 0.6 is 0 Å². The van der Waals surface area contributed by atoms with E-state index in [0.717, 1.165) is 0 Å². The SMILES string of the molecule is CCOC(=O)CN(C)C(=O)c1ccc(O)cc1. The number of benzene rings is 1. The summed E-state index contributed by atoms with van der Waals surface area (Å²) in [5.74, 6) is -0.644. The number of carbonyl (C=O) groups is 2. The van der Waals surface area contributed by atoms with Gasteiger partial charge in [0.15, 0.2) is 0 Å². The van der Waals surface area contributed by atoms with Gasteiger partial charge >= 0.3 is 5.97 Å². The lowest BCUT2D eigenvalue weighted by atomic mass is 10.2. The highest BCUT2D eigenvalue weighted by Gasteiger charge is 2.15. The minimum atomic E-state index is -0.442. The summed E-state index contributed by atoms with van der Waals surface area (Å²) >= 11 is 0. The van der Waals surface area contributed by atoms with Crippen LogP contribution in [0.1, 0.15) is 17.3 Å². The van der Waals surface area contributed by atoms with Crippen molar-refractivity contribution >= 4 is 11.9 Å². The summed E-state index contributed by atoms with van der Waals surface area (Å²) in [5.41, 5.74) is 0.412. The second-order valence-corrected chi connectivity index (χ2v) is 3.51. The molecule has 5 heteroatoms. The van der Waals surface area contributed by atoms with Gasteiger partial charge in [-0.05, 0) is 31.2 Å². The third-order valence-corrected chi connectivity index (χ3v) is 2.13. The Morgan fingerprint density at radius 1 is 1.29 bits per heavy atom. The normalized spacial score (nSPS) is 9.76. The Hall–Kier alpha value is -2.04. The molecule has 0 aliphatic heterocycles. The fourth-order valence-electron chi connectivity index (χ4n) is 1.30. The van der Waals surface area contributed by atoms with Crippen LogP contribution in [0.2, 0.25) is 0 Å². The van der Waals surface area contributed by atoms with Gasteiger partial charge in [0.25, 0.3) is 5.91 Å². The van der Waals surface area contributed by atoms with Crippen LogP contribution in [-0.2, 0) is 9.53 Å². The summed E-state index contributed by atoms with van der Waals surface area (Å²) in [6.45, 7) is 1.91. The van der Waals surface area contributed by atoms with Gasteiger partial charge in [-0.3, -0.25) is 9.59 Å². The maximum Gasteiger partial charge on any atom is 0.325 e. The van der Waals surface area contributed by atoms with Crippen molar-refractivity contribution in [3.05, 3.63) is 29.8 Å². The van der Waals surface area contributed by atoms with Gasteiger partial charge in [-0.25, -0.2) is 0 Å². The number of amides is 1. The van der Waals surface area contributed by atoms with E-state index in [1.165, 1.54) is 36.2 Å². The maximum atomic E-state index is 11.8. The first-order valence-electron chi connectivity index (χ1n) is 5.24. The minimum Gasteiger partial charge on any atom is -0.508 e. The van der Waals surface area contributed by atoms with E-state index in [-0.39, 0.29) is 18.2 Å². The number of aromatic hydroxyl groups is 1. The molecule has 92 valence electrons. The third-order valence-electron chi connectivity index (χ3n) is 2.13. The van der Waals surface area contributed by atoms with Gasteiger partial charge in [-0.15, -0.1) is 0 Å². The predicted octanol–water partition coefficient (Wildman–Crippen LogP) is 1.03. The largest absolute Gasteiger partial charge is 0.508 e. The topological polar surface area (TPSA) is 66.8 Å². The van der Waals surface area contributed by atoms with Gasteiger partial charge in [0.2, 0.25) is 0 Å². The van der Waals surface area contributed by atoms with E-state index in [1.54, 1.807) is 6.92 Å². The van der Waals surface area contributed by atoms with E-state index in [9.17, 15) is 9.59 Å². The van der Waals surface area contributed by atoms with Crippen LogP contribution in [0, 0.1) is 0 Å². The lowest BCUT2D eigenvalue weighted by Gasteiger charge is -2.15. The second-order valence-electron chi connectivity index (χ2n) is 3.51. The number of esters is 1. The number of ether oxygens (including phenoxy) is 1. The molecule has 0 aliphatic rings. The summed E-state index contributed by atoms with van der Waals surface area (Å²) < 4.78 is 4.74. The highest BCUT2D eigenvalue weighted by atomic mass is 16.5. The number of phenols is 1. The molecule has 0 bridgehead atoms. The molecule has 0 radical (unpaired) electrons. The molecule has 0 unspecified atom stereocenters. The summed E-state index contributed by atoms with van der Waals surface area (Å²) in [4.78, 5) is 24.3. The van der Waals surface area contributed by atoms with E-state index in [2.05, 4.69) is 0 Å². The Bertz CT molecular complexity index is 399. The molecule has 5 nitrogen and oxygen atoms in total. The fourth-order valence-corrected chi connectivity index (χ4v) is 1.30. The number of rotatable bonds is 4. The number of phenolic OH excluding ortho intramolecular Hbond substituents is 1. The van der Waals surface area contributed by atoms with Crippen molar-refractivity contribution in [2.24, 2.45) is 0 Å². The Labute approximate surface area is 99.6 Å². The first-order chi connectivity index (χ1) is 8.04. The molecule has 0 heterocycles. The average Bonchev–Trinajstić information content (AvgIpc) is 2.29. The number of likely N-dealkylation sites (N-methyl/N-ethyl adjacent to an activating group) is 1. The van der Waals surface area contributed by atoms with Gasteiger partial charge < -0.3 is 14.7 Å². The van der Waals surface area contributed by atoms with Gasteiger partial charge in [0, 0.05) is 12.6 Å². The molecule has 1 N–H and O–H groups in total. The van der Waals surface area contributed by atoms with Crippen molar-refractivity contribution < 1.29 is 19.4 Å². The van der Waals surface area contributed by atoms with Crippen LogP contribution in [0.5, 0.6) is 5.75 Å². The second kappa shape index (κ2) is 5.89. The van der Waals surface area contributed by atoms with Crippen molar-refractivity contribution in [1.82, 2.24) is 4.90 Å². The zero-order valence-corrected chi connectivity index (χ0v) is 9.84. The molecule has 17 heavy (non-hydrogen) atoms. The molecule has 0 saturated carbocycles. The van der Waals surface area contributed by atoms with Gasteiger partial charge in [-0.2, -0.15) is 0 Å². The summed E-state index contributed by atoms with van der Waals surface area (Å²) in [6, 6.07) is 5.84. The molecule has 0 spiro atoms. The molecule has 1 amide bonds. The Morgan fingerprint density at radius 3 is 2.41 bits per heavy atom. The van der Waals surface area contributed by atoms with Crippen LogP contribution in [-0.4, -0.2) is 42.1 Å². The molecule has 1 rings (SSSR count). The highest BCUT2D eigenvalue weighted by molar-refractivity contribution is 5.95. The first-order valence-corrected chi connectivity index (χ1v) is 5.24. The quantitative estimate of drug-likeness (QED) is 0.794. The van der Waals surface area contributed by atoms with E-state index < -0.39 is 5.97 Å². The van der Waals surface area contributed by atoms with Crippen molar-refractivity contribution in [3.8, 4) is 5.75 Å². The number of nitrogens with zero attached hydrogens (tertiary/aromatic N) is 1. The van der Waals surface area contributed by atoms with Crippen LogP contribution in [0.3, 0.4) is 0 Å². The molecule has 1 aromatic carbocycles. The van der Waals surface area contributed by atoms with Crippen molar-refractivity contribution in [2.45, 2.75) is 6.92 Å². The average molecular weight is 237 g/mol. The maximum absolute atomic E-state index is 11.8. The monoisotopic (exact) mass is 237 g/mol. The van der Waals surface area contributed by atoms with E-state index >= 15 is 0 Å². The fraction of sp³-hybridized carbons (Fsp3) is 0.333. The molecule has 1 aromatic rings. The molecule has 0 fully saturated rings. The smallest absolute Gasteiger partial charge is 0.325 e. The lowest BCUT2D eigenvalue weighted by Crippen LogP contribution is -2.33. The molecule has 0 aromatic heterocycles. The molecular weight excluding hydrogens is 222 g/mol. The van der Waals surface area contributed by atoms with E-state index in [0.29, 0.717) is 12.2 Å². The standard InChI is InChI=1S/C12H15NO4/c1-3-17-11(15)8-13(2)12(16)9-4-6-10(14)7-5-9/h4-7,14H,3,8H2,1-2H3. The van der Waals surface area contributed by atoms with Crippen molar-refractivity contribution in [1.29, 1.82) is 0 Å². The molecular formula is C12H15NO4. The summed E-state index contributed by atoms with van der Waals surface area (Å²) in [6.07, 6.45) is 0. The number of carbonyl (C=O) groups excluding carboxylic acids is 2. The Balaban J connectivity index is 2.63. The van der Waals surface area contributed by atoms with E-state index in [4.69, 9.17) is 9.84 Å². The lowest BCUT2D eigenvalue weighted by molar-refractivity contribution is -0.143. The van der Waals surface area contributed by atoms with Crippen LogP contribution in [0.4, 0.5) is 0 Å². The highest BCUT2D eigenvalue weighted by Crippen LogP contribution is 2.11. The zero-order chi connectivity index (χ0) is 12.8. The Kier molecular flexibility index (Phi) is 4.51. The Morgan fingerprint density at radius 2 is 1.88 bits per heavy atom. The summed E-state index contributed by atoms with van der Waals surface area (Å²) in [5, 5.41) is 9.09. The van der Waals surface area contributed by atoms with Crippen LogP contribution in [0.15, 0.2) is 24.3 Å². The van der Waals surface area contributed by atoms with Crippen LogP contribution in [0.25, 0.3) is 0 Å². The minimum absolute atomic E-state index is 0.0897.